The average Bonchev–Trinajstić information content (AvgIpc) is 2.41. The summed E-state index contributed by atoms with van der Waals surface area (Å²) in [5.74, 6) is -0.0650. The number of methoxy groups -OCH3 is 1. The van der Waals surface area contributed by atoms with E-state index in [2.05, 4.69) is 0 Å². The topological polar surface area (TPSA) is 82.1 Å². The first-order chi connectivity index (χ1) is 9.52. The summed E-state index contributed by atoms with van der Waals surface area (Å²) in [6.45, 7) is 1.79. The number of ether oxygens (including phenoxy) is 3. The van der Waals surface area contributed by atoms with Crippen LogP contribution in [-0.4, -0.2) is 30.8 Å². The maximum Gasteiger partial charge on any atom is 0.303 e. The highest BCUT2D eigenvalue weighted by molar-refractivity contribution is 5.66. The third-order valence-electron chi connectivity index (χ3n) is 2.49. The fraction of sp³-hybridized carbons (Fsp3) is 0.429. The van der Waals surface area contributed by atoms with E-state index in [9.17, 15) is 9.59 Å². The number of esters is 1. The predicted octanol–water partition coefficient (Wildman–Crippen LogP) is 2.00. The fourth-order valence-electron chi connectivity index (χ4n) is 1.53. The first-order valence-electron chi connectivity index (χ1n) is 6.17. The first-order valence-corrected chi connectivity index (χ1v) is 6.17. The van der Waals surface area contributed by atoms with Gasteiger partial charge in [-0.05, 0) is 18.6 Å². The van der Waals surface area contributed by atoms with Gasteiger partial charge in [0.15, 0.2) is 0 Å². The summed E-state index contributed by atoms with van der Waals surface area (Å²) in [7, 11) is 1.51. The van der Waals surface area contributed by atoms with Crippen LogP contribution >= 0.6 is 0 Å². The van der Waals surface area contributed by atoms with Gasteiger partial charge in [-0.15, -0.1) is 0 Å². The second-order valence-corrected chi connectivity index (χ2v) is 4.10. The Morgan fingerprint density at radius 1 is 1.30 bits per heavy atom. The summed E-state index contributed by atoms with van der Waals surface area (Å²) in [6, 6.07) is 5.15. The molecule has 0 radical (unpaired) electrons. The molecule has 0 saturated heterocycles. The number of aliphatic carboxylic acids is 1. The van der Waals surface area contributed by atoms with Gasteiger partial charge in [0, 0.05) is 25.0 Å². The zero-order valence-corrected chi connectivity index (χ0v) is 11.5. The lowest BCUT2D eigenvalue weighted by Gasteiger charge is -2.11. The molecule has 0 heterocycles. The molecule has 0 aliphatic carbocycles. The van der Waals surface area contributed by atoms with Crippen molar-refractivity contribution in [3.05, 3.63) is 23.8 Å². The molecule has 6 heteroatoms. The maximum absolute atomic E-state index is 10.8. The van der Waals surface area contributed by atoms with Gasteiger partial charge in [-0.2, -0.15) is 0 Å². The molecule has 0 amide bonds. The summed E-state index contributed by atoms with van der Waals surface area (Å²) in [4.78, 5) is 21.1. The quantitative estimate of drug-likeness (QED) is 0.580. The number of rotatable bonds is 8. The van der Waals surface area contributed by atoms with Crippen LogP contribution in [-0.2, 0) is 20.9 Å². The SMILES string of the molecule is COc1cc(OCCCC(=O)O)ccc1COC(C)=O. The zero-order chi connectivity index (χ0) is 15.0. The molecular weight excluding hydrogens is 264 g/mol. The minimum Gasteiger partial charge on any atom is -0.496 e. The van der Waals surface area contributed by atoms with Gasteiger partial charge in [0.2, 0.25) is 0 Å². The molecule has 1 N–H and O–H groups in total. The molecular formula is C14H18O6. The Morgan fingerprint density at radius 2 is 2.05 bits per heavy atom. The summed E-state index contributed by atoms with van der Waals surface area (Å²) >= 11 is 0. The van der Waals surface area contributed by atoms with E-state index in [-0.39, 0.29) is 19.0 Å². The Balaban J connectivity index is 2.57. The Kier molecular flexibility index (Phi) is 6.36. The highest BCUT2D eigenvalue weighted by Gasteiger charge is 2.07. The summed E-state index contributed by atoms with van der Waals surface area (Å²) < 4.78 is 15.5. The minimum atomic E-state index is -0.845. The zero-order valence-electron chi connectivity index (χ0n) is 11.5. The number of carbonyl (C=O) groups excluding carboxylic acids is 1. The number of benzene rings is 1. The smallest absolute Gasteiger partial charge is 0.303 e. The molecule has 0 bridgehead atoms. The highest BCUT2D eigenvalue weighted by atomic mass is 16.5. The van der Waals surface area contributed by atoms with Gasteiger partial charge >= 0.3 is 11.9 Å². The van der Waals surface area contributed by atoms with Crippen molar-refractivity contribution in [1.82, 2.24) is 0 Å². The van der Waals surface area contributed by atoms with Crippen LogP contribution in [0.15, 0.2) is 18.2 Å². The van der Waals surface area contributed by atoms with Crippen LogP contribution in [0.3, 0.4) is 0 Å². The first kappa shape index (κ1) is 15.8. The maximum atomic E-state index is 10.8. The Labute approximate surface area is 117 Å². The van der Waals surface area contributed by atoms with E-state index in [0.717, 1.165) is 5.56 Å². The molecule has 0 fully saturated rings. The van der Waals surface area contributed by atoms with Crippen LogP contribution in [0.25, 0.3) is 0 Å². The lowest BCUT2D eigenvalue weighted by atomic mass is 10.2. The number of hydrogen-bond donors (Lipinski definition) is 1. The molecule has 0 unspecified atom stereocenters. The van der Waals surface area contributed by atoms with Crippen LogP contribution in [0, 0.1) is 0 Å². The number of carbonyl (C=O) groups is 2. The van der Waals surface area contributed by atoms with Crippen molar-refractivity contribution in [2.75, 3.05) is 13.7 Å². The Morgan fingerprint density at radius 3 is 2.65 bits per heavy atom. The number of hydrogen-bond acceptors (Lipinski definition) is 5. The van der Waals surface area contributed by atoms with Crippen molar-refractivity contribution >= 4 is 11.9 Å². The van der Waals surface area contributed by atoms with Crippen LogP contribution in [0.4, 0.5) is 0 Å². The van der Waals surface area contributed by atoms with Crippen molar-refractivity contribution in [3.63, 3.8) is 0 Å². The number of carboxylic acids is 1. The van der Waals surface area contributed by atoms with Gasteiger partial charge in [0.25, 0.3) is 0 Å². The van der Waals surface area contributed by atoms with E-state index < -0.39 is 5.97 Å². The van der Waals surface area contributed by atoms with Gasteiger partial charge in [-0.25, -0.2) is 0 Å². The molecule has 1 rings (SSSR count). The molecule has 0 aliphatic rings. The van der Waals surface area contributed by atoms with E-state index >= 15 is 0 Å². The highest BCUT2D eigenvalue weighted by Crippen LogP contribution is 2.25. The third-order valence-corrected chi connectivity index (χ3v) is 2.49. The largest absolute Gasteiger partial charge is 0.496 e. The van der Waals surface area contributed by atoms with Crippen LogP contribution < -0.4 is 9.47 Å². The van der Waals surface area contributed by atoms with Crippen molar-refractivity contribution in [3.8, 4) is 11.5 Å². The van der Waals surface area contributed by atoms with Crippen LogP contribution in [0.2, 0.25) is 0 Å². The standard InChI is InChI=1S/C14H18O6/c1-10(15)20-9-11-5-6-12(8-13(11)18-2)19-7-3-4-14(16)17/h5-6,8H,3-4,7,9H2,1-2H3,(H,16,17). The van der Waals surface area contributed by atoms with Gasteiger partial charge < -0.3 is 19.3 Å². The third kappa shape index (κ3) is 5.60. The molecule has 1 aromatic carbocycles. The Hall–Kier alpha value is -2.24. The monoisotopic (exact) mass is 282 g/mol. The lowest BCUT2D eigenvalue weighted by molar-refractivity contribution is -0.142. The van der Waals surface area contributed by atoms with Gasteiger partial charge in [0.05, 0.1) is 13.7 Å². The molecule has 0 aromatic heterocycles. The molecule has 0 atom stereocenters. The van der Waals surface area contributed by atoms with E-state index in [1.807, 2.05) is 0 Å². The Bertz CT molecular complexity index is 469. The van der Waals surface area contributed by atoms with Gasteiger partial charge in [0.1, 0.15) is 18.1 Å². The summed E-state index contributed by atoms with van der Waals surface area (Å²) in [5.41, 5.74) is 0.737. The number of carboxylic acid groups (broad SMARTS) is 1. The van der Waals surface area contributed by atoms with Crippen molar-refractivity contribution < 1.29 is 28.9 Å². The molecule has 110 valence electrons. The van der Waals surface area contributed by atoms with E-state index in [4.69, 9.17) is 19.3 Å². The fourth-order valence-corrected chi connectivity index (χ4v) is 1.53. The van der Waals surface area contributed by atoms with Crippen molar-refractivity contribution in [1.29, 1.82) is 0 Å². The van der Waals surface area contributed by atoms with Crippen molar-refractivity contribution in [2.24, 2.45) is 0 Å². The molecule has 1 aromatic rings. The molecule has 6 nitrogen and oxygen atoms in total. The average molecular weight is 282 g/mol. The van der Waals surface area contributed by atoms with E-state index in [0.29, 0.717) is 24.5 Å². The van der Waals surface area contributed by atoms with Crippen LogP contribution in [0.1, 0.15) is 25.3 Å². The van der Waals surface area contributed by atoms with Crippen molar-refractivity contribution in [2.45, 2.75) is 26.4 Å². The molecule has 0 aliphatic heterocycles. The summed E-state index contributed by atoms with van der Waals surface area (Å²) in [6.07, 6.45) is 0.508. The lowest BCUT2D eigenvalue weighted by Crippen LogP contribution is -2.03. The minimum absolute atomic E-state index is 0.0711. The molecule has 20 heavy (non-hydrogen) atoms. The van der Waals surface area contributed by atoms with Gasteiger partial charge in [-0.3, -0.25) is 9.59 Å². The normalized spacial score (nSPS) is 9.90. The van der Waals surface area contributed by atoms with Crippen LogP contribution in [0.5, 0.6) is 11.5 Å². The van der Waals surface area contributed by atoms with Gasteiger partial charge in [-0.1, -0.05) is 0 Å². The van der Waals surface area contributed by atoms with E-state index in [1.54, 1.807) is 18.2 Å². The summed E-state index contributed by atoms with van der Waals surface area (Å²) in [5, 5.41) is 8.52. The molecule has 0 spiro atoms. The second-order valence-electron chi connectivity index (χ2n) is 4.10. The molecule has 0 saturated carbocycles. The predicted molar refractivity (Wildman–Crippen MR) is 70.8 cm³/mol. The second kappa shape index (κ2) is 8.04. The van der Waals surface area contributed by atoms with E-state index in [1.165, 1.54) is 14.0 Å².